The Morgan fingerprint density at radius 3 is 2.60 bits per heavy atom. The Bertz CT molecular complexity index is 343. The van der Waals surface area contributed by atoms with Crippen LogP contribution in [0, 0.1) is 5.82 Å². The van der Waals surface area contributed by atoms with Crippen molar-refractivity contribution in [1.29, 1.82) is 0 Å². The molecule has 15 heavy (non-hydrogen) atoms. The number of rotatable bonds is 1. The monoisotopic (exact) mass is 292 g/mol. The van der Waals surface area contributed by atoms with Crippen molar-refractivity contribution >= 4 is 33.2 Å². The number of anilines is 1. The molecule has 0 amide bonds. The third-order valence-corrected chi connectivity index (χ3v) is 3.31. The van der Waals surface area contributed by atoms with Crippen molar-refractivity contribution in [3.63, 3.8) is 0 Å². The van der Waals surface area contributed by atoms with Crippen LogP contribution < -0.4 is 10.2 Å². The standard InChI is InChI=1S/C10H11BrClFN2/c11-8-5-7(13)6-9(12)10(8)15-3-1-14-2-4-15/h5-6,14H,1-4H2. The van der Waals surface area contributed by atoms with Crippen molar-refractivity contribution in [2.45, 2.75) is 0 Å². The average molecular weight is 294 g/mol. The molecule has 0 radical (unpaired) electrons. The highest BCUT2D eigenvalue weighted by atomic mass is 79.9. The highest BCUT2D eigenvalue weighted by Gasteiger charge is 2.17. The molecule has 5 heteroatoms. The van der Waals surface area contributed by atoms with Gasteiger partial charge in [0.1, 0.15) is 5.82 Å². The molecule has 0 saturated carbocycles. The maximum absolute atomic E-state index is 13.0. The van der Waals surface area contributed by atoms with Crippen LogP contribution >= 0.6 is 27.5 Å². The zero-order chi connectivity index (χ0) is 10.8. The minimum absolute atomic E-state index is 0.314. The molecule has 1 aliphatic rings. The van der Waals surface area contributed by atoms with Crippen LogP contribution in [0.4, 0.5) is 10.1 Å². The number of benzene rings is 1. The fourth-order valence-electron chi connectivity index (χ4n) is 1.73. The third-order valence-electron chi connectivity index (χ3n) is 2.41. The fraction of sp³-hybridized carbons (Fsp3) is 0.400. The number of halogens is 3. The highest BCUT2D eigenvalue weighted by Crippen LogP contribution is 2.34. The van der Waals surface area contributed by atoms with Gasteiger partial charge < -0.3 is 10.2 Å². The van der Waals surface area contributed by atoms with Crippen LogP contribution in [0.1, 0.15) is 0 Å². The highest BCUT2D eigenvalue weighted by molar-refractivity contribution is 9.10. The molecular formula is C10H11BrClFN2. The molecule has 0 spiro atoms. The van der Waals surface area contributed by atoms with Gasteiger partial charge in [0, 0.05) is 30.7 Å². The first kappa shape index (κ1) is 11.2. The van der Waals surface area contributed by atoms with Gasteiger partial charge in [-0.05, 0) is 28.1 Å². The van der Waals surface area contributed by atoms with Crippen molar-refractivity contribution in [3.8, 4) is 0 Å². The molecular weight excluding hydrogens is 282 g/mol. The second kappa shape index (κ2) is 4.68. The number of hydrogen-bond acceptors (Lipinski definition) is 2. The summed E-state index contributed by atoms with van der Waals surface area (Å²) in [5.74, 6) is -0.314. The third kappa shape index (κ3) is 2.44. The lowest BCUT2D eigenvalue weighted by molar-refractivity contribution is 0.587. The van der Waals surface area contributed by atoms with Gasteiger partial charge in [-0.25, -0.2) is 4.39 Å². The number of nitrogens with zero attached hydrogens (tertiary/aromatic N) is 1. The Balaban J connectivity index is 2.33. The van der Waals surface area contributed by atoms with Crippen LogP contribution in [0.3, 0.4) is 0 Å². The normalized spacial score (nSPS) is 16.9. The summed E-state index contributed by atoms with van der Waals surface area (Å²) >= 11 is 9.38. The van der Waals surface area contributed by atoms with E-state index in [4.69, 9.17) is 11.6 Å². The second-order valence-corrected chi connectivity index (χ2v) is 4.72. The van der Waals surface area contributed by atoms with Gasteiger partial charge in [-0.3, -0.25) is 0 Å². The molecule has 0 unspecified atom stereocenters. The summed E-state index contributed by atoms with van der Waals surface area (Å²) in [4.78, 5) is 2.16. The van der Waals surface area contributed by atoms with Gasteiger partial charge in [0.25, 0.3) is 0 Å². The number of piperazine rings is 1. The molecule has 2 rings (SSSR count). The Morgan fingerprint density at radius 2 is 2.00 bits per heavy atom. The van der Waals surface area contributed by atoms with E-state index in [1.54, 1.807) is 0 Å². The Labute approximate surface area is 102 Å². The van der Waals surface area contributed by atoms with E-state index in [1.807, 2.05) is 0 Å². The van der Waals surface area contributed by atoms with Crippen molar-refractivity contribution in [2.75, 3.05) is 31.1 Å². The maximum Gasteiger partial charge on any atom is 0.125 e. The lowest BCUT2D eigenvalue weighted by Gasteiger charge is -2.31. The largest absolute Gasteiger partial charge is 0.367 e. The van der Waals surface area contributed by atoms with Crippen LogP contribution in [0.5, 0.6) is 0 Å². The van der Waals surface area contributed by atoms with Gasteiger partial charge in [-0.15, -0.1) is 0 Å². The Kier molecular flexibility index (Phi) is 3.49. The average Bonchev–Trinajstić information content (AvgIpc) is 2.17. The van der Waals surface area contributed by atoms with Crippen LogP contribution in [0.2, 0.25) is 5.02 Å². The quantitative estimate of drug-likeness (QED) is 0.856. The summed E-state index contributed by atoms with van der Waals surface area (Å²) in [6.07, 6.45) is 0. The molecule has 0 aromatic heterocycles. The molecule has 0 aliphatic carbocycles. The smallest absolute Gasteiger partial charge is 0.125 e. The van der Waals surface area contributed by atoms with Gasteiger partial charge in [0.2, 0.25) is 0 Å². The molecule has 1 aliphatic heterocycles. The zero-order valence-corrected chi connectivity index (χ0v) is 10.4. The summed E-state index contributed by atoms with van der Waals surface area (Å²) in [5, 5.41) is 3.72. The van der Waals surface area contributed by atoms with Crippen LogP contribution in [-0.2, 0) is 0 Å². The van der Waals surface area contributed by atoms with Crippen LogP contribution in [-0.4, -0.2) is 26.2 Å². The molecule has 0 bridgehead atoms. The van der Waals surface area contributed by atoms with Crippen molar-refractivity contribution < 1.29 is 4.39 Å². The Hall–Kier alpha value is -0.320. The molecule has 1 N–H and O–H groups in total. The molecule has 0 atom stereocenters. The van der Waals surface area contributed by atoms with Crippen molar-refractivity contribution in [3.05, 3.63) is 27.4 Å². The predicted octanol–water partition coefficient (Wildman–Crippen LogP) is 2.65. The minimum Gasteiger partial charge on any atom is -0.367 e. The van der Waals surface area contributed by atoms with Crippen molar-refractivity contribution in [1.82, 2.24) is 5.32 Å². The van der Waals surface area contributed by atoms with E-state index in [-0.39, 0.29) is 5.82 Å². The summed E-state index contributed by atoms with van der Waals surface area (Å²) < 4.78 is 13.7. The number of nitrogens with one attached hydrogen (secondary N) is 1. The summed E-state index contributed by atoms with van der Waals surface area (Å²) in [5.41, 5.74) is 0.888. The summed E-state index contributed by atoms with van der Waals surface area (Å²) in [6, 6.07) is 2.80. The van der Waals surface area contributed by atoms with Gasteiger partial charge in [0.15, 0.2) is 0 Å². The van der Waals surface area contributed by atoms with E-state index in [9.17, 15) is 4.39 Å². The van der Waals surface area contributed by atoms with Gasteiger partial charge in [0.05, 0.1) is 10.7 Å². The molecule has 1 heterocycles. The lowest BCUT2D eigenvalue weighted by atomic mass is 10.2. The lowest BCUT2D eigenvalue weighted by Crippen LogP contribution is -2.43. The molecule has 2 nitrogen and oxygen atoms in total. The fourth-order valence-corrected chi connectivity index (χ4v) is 2.85. The Morgan fingerprint density at radius 1 is 1.33 bits per heavy atom. The van der Waals surface area contributed by atoms with Crippen molar-refractivity contribution in [2.24, 2.45) is 0 Å². The molecule has 1 aromatic rings. The first-order valence-electron chi connectivity index (χ1n) is 4.78. The zero-order valence-electron chi connectivity index (χ0n) is 8.06. The van der Waals surface area contributed by atoms with E-state index in [1.165, 1.54) is 12.1 Å². The van der Waals surface area contributed by atoms with E-state index in [0.29, 0.717) is 5.02 Å². The summed E-state index contributed by atoms with van der Waals surface area (Å²) in [6.45, 7) is 3.65. The molecule has 1 saturated heterocycles. The van der Waals surface area contributed by atoms with Gasteiger partial charge in [-0.2, -0.15) is 0 Å². The summed E-state index contributed by atoms with van der Waals surface area (Å²) in [7, 11) is 0. The first-order chi connectivity index (χ1) is 7.18. The maximum atomic E-state index is 13.0. The van der Waals surface area contributed by atoms with Crippen LogP contribution in [0.25, 0.3) is 0 Å². The van der Waals surface area contributed by atoms with E-state index in [0.717, 1.165) is 36.3 Å². The minimum atomic E-state index is -0.314. The van der Waals surface area contributed by atoms with Crippen LogP contribution in [0.15, 0.2) is 16.6 Å². The second-order valence-electron chi connectivity index (χ2n) is 3.46. The van der Waals surface area contributed by atoms with E-state index >= 15 is 0 Å². The first-order valence-corrected chi connectivity index (χ1v) is 5.96. The van der Waals surface area contributed by atoms with Gasteiger partial charge in [-0.1, -0.05) is 11.6 Å². The van der Waals surface area contributed by atoms with E-state index in [2.05, 4.69) is 26.1 Å². The number of hydrogen-bond donors (Lipinski definition) is 1. The van der Waals surface area contributed by atoms with Gasteiger partial charge >= 0.3 is 0 Å². The predicted molar refractivity (Wildman–Crippen MR) is 64.2 cm³/mol. The molecule has 82 valence electrons. The molecule has 1 fully saturated rings. The topological polar surface area (TPSA) is 15.3 Å². The van der Waals surface area contributed by atoms with E-state index < -0.39 is 0 Å². The SMILES string of the molecule is Fc1cc(Cl)c(N2CCNCC2)c(Br)c1. The molecule has 1 aromatic carbocycles.